The lowest BCUT2D eigenvalue weighted by atomic mass is 9.87. The second-order valence-corrected chi connectivity index (χ2v) is 8.78. The molecule has 0 aliphatic carbocycles. The molecule has 0 radical (unpaired) electrons. The molecule has 0 fully saturated rings. The van der Waals surface area contributed by atoms with Crippen molar-refractivity contribution < 1.29 is 9.18 Å². The number of hydrogen-bond donors (Lipinski definition) is 0. The smallest absolute Gasteiger partial charge is 0.279 e. The van der Waals surface area contributed by atoms with Crippen LogP contribution in [0.1, 0.15) is 41.6 Å². The van der Waals surface area contributed by atoms with E-state index in [2.05, 4.69) is 25.8 Å². The van der Waals surface area contributed by atoms with Crippen molar-refractivity contribution in [3.63, 3.8) is 0 Å². The van der Waals surface area contributed by atoms with Crippen molar-refractivity contribution >= 4 is 17.2 Å². The topological polar surface area (TPSA) is 34.4 Å². The summed E-state index contributed by atoms with van der Waals surface area (Å²) < 4.78 is 15.1. The Morgan fingerprint density at radius 1 is 1.04 bits per heavy atom. The van der Waals surface area contributed by atoms with E-state index in [-0.39, 0.29) is 17.1 Å². The molecule has 2 aromatic carbocycles. The van der Waals surface area contributed by atoms with E-state index in [0.29, 0.717) is 10.4 Å². The molecule has 1 amide bonds. The fourth-order valence-electron chi connectivity index (χ4n) is 2.95. The van der Waals surface area contributed by atoms with Crippen LogP contribution in [-0.2, 0) is 12.5 Å². The Kier molecular flexibility index (Phi) is 5.16. The van der Waals surface area contributed by atoms with Crippen molar-refractivity contribution in [2.75, 3.05) is 0 Å². The van der Waals surface area contributed by atoms with Crippen LogP contribution >= 0.6 is 11.3 Å². The summed E-state index contributed by atoms with van der Waals surface area (Å²) in [5, 5.41) is 0. The van der Waals surface area contributed by atoms with Crippen molar-refractivity contribution in [3.8, 4) is 11.3 Å². The van der Waals surface area contributed by atoms with Gasteiger partial charge in [-0.3, -0.25) is 4.79 Å². The van der Waals surface area contributed by atoms with Crippen LogP contribution in [0, 0.1) is 12.7 Å². The van der Waals surface area contributed by atoms with Crippen molar-refractivity contribution in [3.05, 3.63) is 75.2 Å². The van der Waals surface area contributed by atoms with Crippen LogP contribution in [0.25, 0.3) is 11.3 Å². The molecule has 0 atom stereocenters. The normalized spacial score (nSPS) is 12.4. The third kappa shape index (κ3) is 4.08. The zero-order chi connectivity index (χ0) is 19.8. The molecule has 0 saturated carbocycles. The van der Waals surface area contributed by atoms with Gasteiger partial charge >= 0.3 is 0 Å². The lowest BCUT2D eigenvalue weighted by molar-refractivity contribution is 0.0998. The van der Waals surface area contributed by atoms with E-state index < -0.39 is 0 Å². The fourth-order valence-corrected chi connectivity index (χ4v) is 3.93. The maximum atomic E-state index is 13.2. The molecular formula is C22H23FN2OS. The molecule has 0 spiro atoms. The van der Waals surface area contributed by atoms with Crippen LogP contribution in [0.5, 0.6) is 0 Å². The molecule has 1 heterocycles. The second-order valence-electron chi connectivity index (χ2n) is 7.60. The van der Waals surface area contributed by atoms with Gasteiger partial charge in [-0.05, 0) is 59.9 Å². The van der Waals surface area contributed by atoms with Gasteiger partial charge in [0.2, 0.25) is 0 Å². The van der Waals surface area contributed by atoms with Crippen LogP contribution < -0.4 is 4.80 Å². The van der Waals surface area contributed by atoms with Crippen LogP contribution in [0.4, 0.5) is 4.39 Å². The minimum absolute atomic E-state index is 0.0417. The highest BCUT2D eigenvalue weighted by Gasteiger charge is 2.15. The Morgan fingerprint density at radius 2 is 1.63 bits per heavy atom. The minimum atomic E-state index is -0.270. The molecule has 27 heavy (non-hydrogen) atoms. The number of aryl methyl sites for hydroxylation is 1. The monoisotopic (exact) mass is 382 g/mol. The standard InChI is InChI=1S/C22H23FN2OS/c1-14-19(15-8-12-18(23)13-9-15)25(5)21(27-14)24-20(26)16-6-10-17(11-7-16)22(2,3)4/h6-13H,1-5H3. The van der Waals surface area contributed by atoms with Gasteiger partial charge in [0, 0.05) is 17.5 Å². The molecule has 3 rings (SSSR count). The van der Waals surface area contributed by atoms with Crippen molar-refractivity contribution in [1.82, 2.24) is 4.57 Å². The van der Waals surface area contributed by atoms with E-state index >= 15 is 0 Å². The molecule has 0 aliphatic rings. The van der Waals surface area contributed by atoms with Gasteiger partial charge in [-0.1, -0.05) is 32.9 Å². The van der Waals surface area contributed by atoms with E-state index in [1.807, 2.05) is 42.8 Å². The number of aromatic nitrogens is 1. The first-order valence-electron chi connectivity index (χ1n) is 8.79. The Labute approximate surface area is 162 Å². The molecule has 3 nitrogen and oxygen atoms in total. The summed E-state index contributed by atoms with van der Waals surface area (Å²) in [5.74, 6) is -0.536. The van der Waals surface area contributed by atoms with E-state index in [9.17, 15) is 9.18 Å². The SMILES string of the molecule is Cc1sc(=NC(=O)c2ccc(C(C)(C)C)cc2)n(C)c1-c1ccc(F)cc1. The zero-order valence-corrected chi connectivity index (χ0v) is 17.0. The van der Waals surface area contributed by atoms with Crippen molar-refractivity contribution in [2.24, 2.45) is 12.0 Å². The Morgan fingerprint density at radius 3 is 2.19 bits per heavy atom. The van der Waals surface area contributed by atoms with E-state index in [1.165, 1.54) is 29.0 Å². The molecule has 0 saturated heterocycles. The summed E-state index contributed by atoms with van der Waals surface area (Å²) in [5.41, 5.74) is 3.62. The number of carbonyl (C=O) groups is 1. The van der Waals surface area contributed by atoms with Gasteiger partial charge in [0.1, 0.15) is 5.82 Å². The van der Waals surface area contributed by atoms with Gasteiger partial charge in [0.15, 0.2) is 4.80 Å². The molecule has 0 bridgehead atoms. The first-order chi connectivity index (χ1) is 12.7. The zero-order valence-electron chi connectivity index (χ0n) is 16.2. The number of hydrogen-bond acceptors (Lipinski definition) is 2. The van der Waals surface area contributed by atoms with Crippen LogP contribution in [-0.4, -0.2) is 10.5 Å². The molecule has 1 aromatic heterocycles. The number of benzene rings is 2. The maximum absolute atomic E-state index is 13.2. The molecule has 0 aliphatic heterocycles. The van der Waals surface area contributed by atoms with E-state index in [0.717, 1.165) is 16.1 Å². The molecule has 140 valence electrons. The van der Waals surface area contributed by atoms with Crippen molar-refractivity contribution in [1.29, 1.82) is 0 Å². The number of amides is 1. The van der Waals surface area contributed by atoms with Gasteiger partial charge in [-0.15, -0.1) is 11.3 Å². The summed E-state index contributed by atoms with van der Waals surface area (Å²) in [4.78, 5) is 18.6. The Hall–Kier alpha value is -2.53. The molecule has 5 heteroatoms. The van der Waals surface area contributed by atoms with Gasteiger partial charge in [-0.25, -0.2) is 4.39 Å². The van der Waals surface area contributed by atoms with Gasteiger partial charge < -0.3 is 4.57 Å². The predicted octanol–water partition coefficient (Wildman–Crippen LogP) is 5.24. The maximum Gasteiger partial charge on any atom is 0.279 e. The summed E-state index contributed by atoms with van der Waals surface area (Å²) in [7, 11) is 1.87. The number of carbonyl (C=O) groups excluding carboxylic acids is 1. The molecule has 3 aromatic rings. The summed E-state index contributed by atoms with van der Waals surface area (Å²) in [6, 6.07) is 14.0. The van der Waals surface area contributed by atoms with Crippen LogP contribution in [0.2, 0.25) is 0 Å². The van der Waals surface area contributed by atoms with Crippen LogP contribution in [0.15, 0.2) is 53.5 Å². The first kappa shape index (κ1) is 19.2. The predicted molar refractivity (Wildman–Crippen MR) is 108 cm³/mol. The number of rotatable bonds is 2. The Bertz CT molecular complexity index is 1040. The number of thiazole rings is 1. The largest absolute Gasteiger partial charge is 0.319 e. The highest BCUT2D eigenvalue weighted by molar-refractivity contribution is 7.09. The number of halogens is 1. The van der Waals surface area contributed by atoms with Gasteiger partial charge in [0.25, 0.3) is 5.91 Å². The summed E-state index contributed by atoms with van der Waals surface area (Å²) in [6.45, 7) is 8.39. The Balaban J connectivity index is 1.97. The minimum Gasteiger partial charge on any atom is -0.319 e. The third-order valence-corrected chi connectivity index (χ3v) is 5.56. The first-order valence-corrected chi connectivity index (χ1v) is 9.60. The third-order valence-electron chi connectivity index (χ3n) is 4.51. The highest BCUT2D eigenvalue weighted by atomic mass is 32.1. The van der Waals surface area contributed by atoms with Gasteiger partial charge in [0.05, 0.1) is 5.69 Å². The van der Waals surface area contributed by atoms with Crippen LogP contribution in [0.3, 0.4) is 0 Å². The highest BCUT2D eigenvalue weighted by Crippen LogP contribution is 2.25. The van der Waals surface area contributed by atoms with E-state index in [4.69, 9.17) is 0 Å². The molecular weight excluding hydrogens is 359 g/mol. The van der Waals surface area contributed by atoms with E-state index in [1.54, 1.807) is 12.1 Å². The average molecular weight is 383 g/mol. The van der Waals surface area contributed by atoms with Gasteiger partial charge in [-0.2, -0.15) is 4.99 Å². The second kappa shape index (κ2) is 7.24. The van der Waals surface area contributed by atoms with Crippen molar-refractivity contribution in [2.45, 2.75) is 33.1 Å². The average Bonchev–Trinajstić information content (AvgIpc) is 2.89. The molecule has 0 N–H and O–H groups in total. The lowest BCUT2D eigenvalue weighted by Gasteiger charge is -2.18. The summed E-state index contributed by atoms with van der Waals surface area (Å²) >= 11 is 1.45. The lowest BCUT2D eigenvalue weighted by Crippen LogP contribution is -2.15. The number of nitrogens with zero attached hydrogens (tertiary/aromatic N) is 2. The quantitative estimate of drug-likeness (QED) is 0.597. The molecule has 0 unspecified atom stereocenters. The summed E-state index contributed by atoms with van der Waals surface area (Å²) in [6.07, 6.45) is 0. The fraction of sp³-hybridized carbons (Fsp3) is 0.273.